The number of anilines is 1. The minimum Gasteiger partial charge on any atom is -0.497 e. The number of methoxy groups -OCH3 is 1. The molecule has 1 atom stereocenters. The Labute approximate surface area is 114 Å². The average molecular weight is 259 g/mol. The molecule has 0 aliphatic carbocycles. The van der Waals surface area contributed by atoms with Gasteiger partial charge >= 0.3 is 0 Å². The van der Waals surface area contributed by atoms with Crippen LogP contribution in [0, 0.1) is 13.8 Å². The maximum absolute atomic E-state index is 5.24. The van der Waals surface area contributed by atoms with Gasteiger partial charge in [-0.05, 0) is 32.9 Å². The number of hydrogen-bond donors (Lipinski definition) is 1. The standard InChI is InChI=1S/C15H21N3O/c1-10(15-11(2)17-18(4)12(15)3)16-13-7-6-8-14(9-13)19-5/h6-10,16H,1-5H3. The van der Waals surface area contributed by atoms with Gasteiger partial charge in [-0.2, -0.15) is 5.10 Å². The molecule has 2 aromatic rings. The highest BCUT2D eigenvalue weighted by Gasteiger charge is 2.16. The van der Waals surface area contributed by atoms with Crippen LogP contribution in [0.4, 0.5) is 5.69 Å². The number of aromatic nitrogens is 2. The molecule has 0 saturated heterocycles. The van der Waals surface area contributed by atoms with Gasteiger partial charge in [0.2, 0.25) is 0 Å². The SMILES string of the molecule is COc1cccc(NC(C)c2c(C)nn(C)c2C)c1. The lowest BCUT2D eigenvalue weighted by molar-refractivity contribution is 0.415. The first-order valence-electron chi connectivity index (χ1n) is 6.43. The van der Waals surface area contributed by atoms with Gasteiger partial charge in [0.1, 0.15) is 5.75 Å². The second-order valence-electron chi connectivity index (χ2n) is 4.81. The first-order valence-corrected chi connectivity index (χ1v) is 6.43. The summed E-state index contributed by atoms with van der Waals surface area (Å²) in [6.07, 6.45) is 0. The molecule has 1 unspecified atom stereocenters. The summed E-state index contributed by atoms with van der Waals surface area (Å²) in [5.74, 6) is 0.858. The van der Waals surface area contributed by atoms with Crippen LogP contribution < -0.4 is 10.1 Å². The first kappa shape index (κ1) is 13.5. The number of rotatable bonds is 4. The number of hydrogen-bond acceptors (Lipinski definition) is 3. The summed E-state index contributed by atoms with van der Waals surface area (Å²) < 4.78 is 7.16. The maximum atomic E-state index is 5.24. The summed E-state index contributed by atoms with van der Waals surface area (Å²) in [7, 11) is 3.65. The highest BCUT2D eigenvalue weighted by atomic mass is 16.5. The van der Waals surface area contributed by atoms with Gasteiger partial charge in [-0.25, -0.2) is 0 Å². The van der Waals surface area contributed by atoms with Crippen LogP contribution in [0.1, 0.15) is 29.9 Å². The van der Waals surface area contributed by atoms with E-state index in [2.05, 4.69) is 24.3 Å². The van der Waals surface area contributed by atoms with Crippen LogP contribution >= 0.6 is 0 Å². The van der Waals surface area contributed by atoms with Crippen LogP contribution in [0.3, 0.4) is 0 Å². The molecule has 19 heavy (non-hydrogen) atoms. The number of ether oxygens (including phenoxy) is 1. The summed E-state index contributed by atoms with van der Waals surface area (Å²) in [5, 5.41) is 7.95. The summed E-state index contributed by atoms with van der Waals surface area (Å²) >= 11 is 0. The van der Waals surface area contributed by atoms with Crippen LogP contribution in [0.15, 0.2) is 24.3 Å². The fraction of sp³-hybridized carbons (Fsp3) is 0.400. The minimum absolute atomic E-state index is 0.209. The van der Waals surface area contributed by atoms with E-state index in [0.717, 1.165) is 17.1 Å². The van der Waals surface area contributed by atoms with E-state index in [1.807, 2.05) is 42.9 Å². The van der Waals surface area contributed by atoms with Gasteiger partial charge < -0.3 is 10.1 Å². The number of benzene rings is 1. The zero-order valence-corrected chi connectivity index (χ0v) is 12.2. The Morgan fingerprint density at radius 3 is 2.63 bits per heavy atom. The van der Waals surface area contributed by atoms with Crippen molar-refractivity contribution in [3.05, 3.63) is 41.2 Å². The third-order valence-electron chi connectivity index (χ3n) is 3.45. The smallest absolute Gasteiger partial charge is 0.120 e. The van der Waals surface area contributed by atoms with Crippen LogP contribution in [-0.4, -0.2) is 16.9 Å². The van der Waals surface area contributed by atoms with Crippen molar-refractivity contribution in [2.24, 2.45) is 7.05 Å². The molecule has 1 aromatic carbocycles. The van der Waals surface area contributed by atoms with Crippen molar-refractivity contribution in [1.29, 1.82) is 0 Å². The Hall–Kier alpha value is -1.97. The maximum Gasteiger partial charge on any atom is 0.120 e. The third kappa shape index (κ3) is 2.72. The lowest BCUT2D eigenvalue weighted by atomic mass is 10.1. The molecule has 0 amide bonds. The van der Waals surface area contributed by atoms with Crippen molar-refractivity contribution >= 4 is 5.69 Å². The van der Waals surface area contributed by atoms with Crippen LogP contribution in [0.2, 0.25) is 0 Å². The molecule has 1 aromatic heterocycles. The molecule has 4 nitrogen and oxygen atoms in total. The Morgan fingerprint density at radius 2 is 2.05 bits per heavy atom. The summed E-state index contributed by atoms with van der Waals surface area (Å²) in [5.41, 5.74) is 4.57. The van der Waals surface area contributed by atoms with Crippen molar-refractivity contribution in [3.8, 4) is 5.75 Å². The second-order valence-corrected chi connectivity index (χ2v) is 4.81. The van der Waals surface area contributed by atoms with Crippen LogP contribution in [-0.2, 0) is 7.05 Å². The summed E-state index contributed by atoms with van der Waals surface area (Å²) in [4.78, 5) is 0. The van der Waals surface area contributed by atoms with Crippen LogP contribution in [0.25, 0.3) is 0 Å². The molecule has 1 heterocycles. The van der Waals surface area contributed by atoms with Crippen molar-refractivity contribution < 1.29 is 4.74 Å². The van der Waals surface area contributed by atoms with Gasteiger partial charge in [0.05, 0.1) is 18.8 Å². The van der Waals surface area contributed by atoms with Crippen LogP contribution in [0.5, 0.6) is 5.75 Å². The molecule has 0 radical (unpaired) electrons. The molecular formula is C15H21N3O. The summed E-state index contributed by atoms with van der Waals surface area (Å²) in [6.45, 7) is 6.29. The Bertz CT molecular complexity index is 575. The fourth-order valence-electron chi connectivity index (χ4n) is 2.45. The quantitative estimate of drug-likeness (QED) is 0.916. The molecule has 0 fully saturated rings. The summed E-state index contributed by atoms with van der Waals surface area (Å²) in [6, 6.07) is 8.17. The van der Waals surface area contributed by atoms with Gasteiger partial charge in [0, 0.05) is 30.1 Å². The molecule has 4 heteroatoms. The lowest BCUT2D eigenvalue weighted by Gasteiger charge is -2.16. The van der Waals surface area contributed by atoms with E-state index in [4.69, 9.17) is 4.74 Å². The number of nitrogens with one attached hydrogen (secondary N) is 1. The van der Waals surface area contributed by atoms with Crippen molar-refractivity contribution in [2.45, 2.75) is 26.8 Å². The molecule has 1 N–H and O–H groups in total. The normalized spacial score (nSPS) is 12.3. The predicted molar refractivity (Wildman–Crippen MR) is 77.7 cm³/mol. The van der Waals surface area contributed by atoms with Crippen molar-refractivity contribution in [2.75, 3.05) is 12.4 Å². The molecule has 0 aliphatic rings. The Morgan fingerprint density at radius 1 is 1.32 bits per heavy atom. The van der Waals surface area contributed by atoms with Gasteiger partial charge in [-0.3, -0.25) is 4.68 Å². The largest absolute Gasteiger partial charge is 0.497 e. The monoisotopic (exact) mass is 259 g/mol. The van der Waals surface area contributed by atoms with Gasteiger partial charge in [0.25, 0.3) is 0 Å². The molecule has 0 bridgehead atoms. The zero-order valence-electron chi connectivity index (χ0n) is 12.2. The fourth-order valence-corrected chi connectivity index (χ4v) is 2.45. The predicted octanol–water partition coefficient (Wildman–Crippen LogP) is 3.22. The molecule has 0 spiro atoms. The topological polar surface area (TPSA) is 39.1 Å². The van der Waals surface area contributed by atoms with Gasteiger partial charge in [0.15, 0.2) is 0 Å². The van der Waals surface area contributed by atoms with Gasteiger partial charge in [-0.15, -0.1) is 0 Å². The van der Waals surface area contributed by atoms with E-state index in [0.29, 0.717) is 0 Å². The highest BCUT2D eigenvalue weighted by molar-refractivity contribution is 5.50. The molecule has 0 aliphatic heterocycles. The zero-order chi connectivity index (χ0) is 14.0. The van der Waals surface area contributed by atoms with E-state index in [1.54, 1.807) is 7.11 Å². The van der Waals surface area contributed by atoms with E-state index in [1.165, 1.54) is 11.3 Å². The second kappa shape index (κ2) is 5.34. The van der Waals surface area contributed by atoms with E-state index in [-0.39, 0.29) is 6.04 Å². The molecule has 2 rings (SSSR count). The van der Waals surface area contributed by atoms with Crippen molar-refractivity contribution in [3.63, 3.8) is 0 Å². The van der Waals surface area contributed by atoms with E-state index < -0.39 is 0 Å². The lowest BCUT2D eigenvalue weighted by Crippen LogP contribution is -2.09. The van der Waals surface area contributed by atoms with Crippen molar-refractivity contribution in [1.82, 2.24) is 9.78 Å². The first-order chi connectivity index (χ1) is 9.02. The van der Waals surface area contributed by atoms with Gasteiger partial charge in [-0.1, -0.05) is 6.07 Å². The highest BCUT2D eigenvalue weighted by Crippen LogP contribution is 2.26. The number of aryl methyl sites for hydroxylation is 2. The van der Waals surface area contributed by atoms with E-state index in [9.17, 15) is 0 Å². The third-order valence-corrected chi connectivity index (χ3v) is 3.45. The minimum atomic E-state index is 0.209. The average Bonchev–Trinajstić information content (AvgIpc) is 2.63. The molecular weight excluding hydrogens is 238 g/mol. The Balaban J connectivity index is 2.22. The molecule has 102 valence electrons. The van der Waals surface area contributed by atoms with E-state index >= 15 is 0 Å². The number of nitrogens with zero attached hydrogens (tertiary/aromatic N) is 2. The Kier molecular flexibility index (Phi) is 3.79. The molecule has 0 saturated carbocycles.